The maximum absolute atomic E-state index is 13.4. The molecule has 2 aromatic rings. The summed E-state index contributed by atoms with van der Waals surface area (Å²) in [7, 11) is 1.31. The molecular weight excluding hydrogens is 365 g/mol. The molecule has 0 heterocycles. The first kappa shape index (κ1) is 20.1. The highest BCUT2D eigenvalue weighted by molar-refractivity contribution is 5.91. The number of rotatable bonds is 8. The number of ether oxygens (including phenoxy) is 2. The summed E-state index contributed by atoms with van der Waals surface area (Å²) in [6.07, 6.45) is 1.27. The zero-order chi connectivity index (χ0) is 19.8. The molecule has 1 N–H and O–H groups in total. The van der Waals surface area contributed by atoms with E-state index in [-0.39, 0.29) is 11.5 Å². The Labute approximate surface area is 153 Å². The van der Waals surface area contributed by atoms with Gasteiger partial charge >= 0.3 is 6.61 Å². The molecule has 0 unspecified atom stereocenters. The van der Waals surface area contributed by atoms with Gasteiger partial charge in [0.25, 0.3) is 5.91 Å². The molecule has 0 bridgehead atoms. The van der Waals surface area contributed by atoms with Gasteiger partial charge in [-0.2, -0.15) is 8.78 Å². The van der Waals surface area contributed by atoms with Crippen LogP contribution in [0.1, 0.15) is 11.1 Å². The second-order valence-corrected chi connectivity index (χ2v) is 5.31. The van der Waals surface area contributed by atoms with Gasteiger partial charge in [0.1, 0.15) is 5.82 Å². The van der Waals surface area contributed by atoms with Crippen LogP contribution in [0, 0.1) is 12.7 Å². The average molecular weight is 382 g/mol. The molecular formula is C18H17F3N2O4. The van der Waals surface area contributed by atoms with E-state index in [1.165, 1.54) is 37.6 Å². The van der Waals surface area contributed by atoms with E-state index < -0.39 is 24.9 Å². The molecule has 0 aliphatic heterocycles. The number of nitrogens with zero attached hydrogens (tertiary/aromatic N) is 1. The molecule has 144 valence electrons. The summed E-state index contributed by atoms with van der Waals surface area (Å²) in [6, 6.07) is 8.48. The Morgan fingerprint density at radius 2 is 2.00 bits per heavy atom. The fourth-order valence-corrected chi connectivity index (χ4v) is 2.02. The first-order valence-corrected chi connectivity index (χ1v) is 7.73. The van der Waals surface area contributed by atoms with Gasteiger partial charge in [0, 0.05) is 11.3 Å². The molecule has 0 atom stereocenters. The number of alkyl halides is 2. The Hall–Kier alpha value is -3.23. The van der Waals surface area contributed by atoms with Crippen molar-refractivity contribution in [1.82, 2.24) is 0 Å². The monoisotopic (exact) mass is 382 g/mol. The number of nitrogens with one attached hydrogen (secondary N) is 1. The standard InChI is InChI=1S/C18H17F3N2O4/c1-11-3-5-13(8-14(11)19)23-17(24)10-26-22-9-12-4-6-15(27-18(20)21)16(7-12)25-2/h3-9,18H,10H2,1-2H3,(H,23,24)/b22-9-. The van der Waals surface area contributed by atoms with Crippen LogP contribution >= 0.6 is 0 Å². The highest BCUT2D eigenvalue weighted by Crippen LogP contribution is 2.28. The van der Waals surface area contributed by atoms with E-state index in [4.69, 9.17) is 9.57 Å². The first-order valence-electron chi connectivity index (χ1n) is 7.73. The normalized spacial score (nSPS) is 10.9. The van der Waals surface area contributed by atoms with Crippen molar-refractivity contribution in [3.8, 4) is 11.5 Å². The SMILES string of the molecule is COc1cc(/C=N\OCC(=O)Nc2ccc(C)c(F)c2)ccc1OC(F)F. The van der Waals surface area contributed by atoms with Crippen molar-refractivity contribution in [3.63, 3.8) is 0 Å². The molecule has 0 saturated heterocycles. The lowest BCUT2D eigenvalue weighted by molar-refractivity contribution is -0.120. The van der Waals surface area contributed by atoms with E-state index >= 15 is 0 Å². The number of halogens is 3. The number of hydrogen-bond donors (Lipinski definition) is 1. The largest absolute Gasteiger partial charge is 0.493 e. The van der Waals surface area contributed by atoms with Crippen LogP contribution in [0.2, 0.25) is 0 Å². The smallest absolute Gasteiger partial charge is 0.387 e. The third kappa shape index (κ3) is 6.21. The highest BCUT2D eigenvalue weighted by atomic mass is 19.3. The van der Waals surface area contributed by atoms with Crippen LogP contribution in [0.15, 0.2) is 41.6 Å². The number of hydrogen-bond acceptors (Lipinski definition) is 5. The number of methoxy groups -OCH3 is 1. The van der Waals surface area contributed by atoms with Crippen LogP contribution in [0.25, 0.3) is 0 Å². The molecule has 0 aromatic heterocycles. The van der Waals surface area contributed by atoms with Gasteiger partial charge in [0.15, 0.2) is 18.1 Å². The summed E-state index contributed by atoms with van der Waals surface area (Å²) in [6.45, 7) is -1.75. The van der Waals surface area contributed by atoms with Crippen molar-refractivity contribution in [2.75, 3.05) is 19.0 Å². The van der Waals surface area contributed by atoms with Crippen molar-refractivity contribution < 1.29 is 32.3 Å². The predicted octanol–water partition coefficient (Wildman–Crippen LogP) is 3.73. The van der Waals surface area contributed by atoms with Crippen LogP contribution in [0.5, 0.6) is 11.5 Å². The number of aryl methyl sites for hydroxylation is 1. The molecule has 27 heavy (non-hydrogen) atoms. The summed E-state index contributed by atoms with van der Waals surface area (Å²) in [4.78, 5) is 16.6. The van der Waals surface area contributed by atoms with Crippen molar-refractivity contribution in [1.29, 1.82) is 0 Å². The fraction of sp³-hybridized carbons (Fsp3) is 0.222. The minimum absolute atomic E-state index is 0.0957. The molecule has 0 aliphatic rings. The molecule has 0 saturated carbocycles. The van der Waals surface area contributed by atoms with Gasteiger partial charge in [-0.1, -0.05) is 11.2 Å². The quantitative estimate of drug-likeness (QED) is 0.558. The minimum atomic E-state index is -2.97. The van der Waals surface area contributed by atoms with Crippen molar-refractivity contribution in [2.24, 2.45) is 5.16 Å². The van der Waals surface area contributed by atoms with Gasteiger partial charge in [-0.25, -0.2) is 4.39 Å². The maximum Gasteiger partial charge on any atom is 0.387 e. The second kappa shape index (κ2) is 9.46. The number of oxime groups is 1. The third-order valence-corrected chi connectivity index (χ3v) is 3.33. The van der Waals surface area contributed by atoms with Gasteiger partial charge in [-0.05, 0) is 42.8 Å². The van der Waals surface area contributed by atoms with Gasteiger partial charge in [-0.3, -0.25) is 4.79 Å². The average Bonchev–Trinajstić information content (AvgIpc) is 2.62. The predicted molar refractivity (Wildman–Crippen MR) is 92.9 cm³/mol. The minimum Gasteiger partial charge on any atom is -0.493 e. The Morgan fingerprint density at radius 3 is 2.67 bits per heavy atom. The zero-order valence-corrected chi connectivity index (χ0v) is 14.5. The third-order valence-electron chi connectivity index (χ3n) is 3.33. The fourth-order valence-electron chi connectivity index (χ4n) is 2.02. The van der Waals surface area contributed by atoms with Gasteiger partial charge in [0.05, 0.1) is 13.3 Å². The molecule has 6 nitrogen and oxygen atoms in total. The van der Waals surface area contributed by atoms with E-state index in [0.717, 1.165) is 0 Å². The number of amides is 1. The summed E-state index contributed by atoms with van der Waals surface area (Å²) in [5, 5.41) is 6.08. The number of benzene rings is 2. The second-order valence-electron chi connectivity index (χ2n) is 5.31. The summed E-state index contributed by atoms with van der Waals surface area (Å²) >= 11 is 0. The molecule has 2 rings (SSSR count). The molecule has 1 amide bonds. The van der Waals surface area contributed by atoms with Gasteiger partial charge in [0.2, 0.25) is 0 Å². The van der Waals surface area contributed by atoms with Gasteiger partial charge < -0.3 is 19.6 Å². The maximum atomic E-state index is 13.4. The van der Waals surface area contributed by atoms with Crippen LogP contribution in [-0.2, 0) is 9.63 Å². The topological polar surface area (TPSA) is 69.2 Å². The summed E-state index contributed by atoms with van der Waals surface area (Å²) in [5.41, 5.74) is 1.25. The number of carbonyl (C=O) groups excluding carboxylic acids is 1. The molecule has 0 aliphatic carbocycles. The highest BCUT2D eigenvalue weighted by Gasteiger charge is 2.10. The molecule has 9 heteroatoms. The van der Waals surface area contributed by atoms with E-state index in [2.05, 4.69) is 15.2 Å². The van der Waals surface area contributed by atoms with Crippen molar-refractivity contribution in [3.05, 3.63) is 53.3 Å². The van der Waals surface area contributed by atoms with Crippen LogP contribution < -0.4 is 14.8 Å². The van der Waals surface area contributed by atoms with Crippen LogP contribution in [0.4, 0.5) is 18.9 Å². The lowest BCUT2D eigenvalue weighted by Gasteiger charge is -2.09. The summed E-state index contributed by atoms with van der Waals surface area (Å²) < 4.78 is 47.2. The zero-order valence-electron chi connectivity index (χ0n) is 14.5. The van der Waals surface area contributed by atoms with Crippen LogP contribution in [-0.4, -0.2) is 32.4 Å². The Balaban J connectivity index is 1.87. The Morgan fingerprint density at radius 1 is 1.22 bits per heavy atom. The van der Waals surface area contributed by atoms with E-state index in [0.29, 0.717) is 16.8 Å². The van der Waals surface area contributed by atoms with Crippen molar-refractivity contribution in [2.45, 2.75) is 13.5 Å². The summed E-state index contributed by atoms with van der Waals surface area (Å²) in [5.74, 6) is -0.970. The lowest BCUT2D eigenvalue weighted by Crippen LogP contribution is -2.17. The van der Waals surface area contributed by atoms with Gasteiger partial charge in [-0.15, -0.1) is 0 Å². The van der Waals surface area contributed by atoms with E-state index in [1.54, 1.807) is 19.1 Å². The molecule has 0 fully saturated rings. The van der Waals surface area contributed by atoms with E-state index in [9.17, 15) is 18.0 Å². The Kier molecular flexibility index (Phi) is 7.04. The molecule has 0 spiro atoms. The Bertz CT molecular complexity index is 828. The molecule has 0 radical (unpaired) electrons. The van der Waals surface area contributed by atoms with E-state index in [1.807, 2.05) is 0 Å². The lowest BCUT2D eigenvalue weighted by atomic mass is 10.2. The molecule has 2 aromatic carbocycles. The van der Waals surface area contributed by atoms with Crippen molar-refractivity contribution >= 4 is 17.8 Å². The number of anilines is 1. The number of carbonyl (C=O) groups is 1. The van der Waals surface area contributed by atoms with Crippen LogP contribution in [0.3, 0.4) is 0 Å². The first-order chi connectivity index (χ1) is 12.9.